The van der Waals surface area contributed by atoms with E-state index in [1.165, 1.54) is 23.5 Å². The van der Waals surface area contributed by atoms with Crippen molar-refractivity contribution >= 4 is 34.8 Å². The van der Waals surface area contributed by atoms with E-state index in [-0.39, 0.29) is 24.5 Å². The van der Waals surface area contributed by atoms with Crippen molar-refractivity contribution in [2.75, 3.05) is 32.2 Å². The smallest absolute Gasteiger partial charge is 0.338 e. The highest BCUT2D eigenvalue weighted by Gasteiger charge is 2.33. The number of hydrogen-bond acceptors (Lipinski definition) is 10. The summed E-state index contributed by atoms with van der Waals surface area (Å²) in [5, 5.41) is 10.9. The summed E-state index contributed by atoms with van der Waals surface area (Å²) in [4.78, 5) is 44.8. The van der Waals surface area contributed by atoms with Gasteiger partial charge in [-0.25, -0.2) is 9.79 Å². The first-order valence-electron chi connectivity index (χ1n) is 14.7. The summed E-state index contributed by atoms with van der Waals surface area (Å²) in [5.74, 6) is 0.477. The number of anilines is 1. The van der Waals surface area contributed by atoms with E-state index in [0.29, 0.717) is 44.3 Å². The van der Waals surface area contributed by atoms with Crippen LogP contribution in [0.4, 0.5) is 11.4 Å². The molecule has 0 amide bonds. The van der Waals surface area contributed by atoms with Crippen LogP contribution in [0.1, 0.15) is 43.5 Å². The molecule has 238 valence electrons. The molecule has 3 aromatic carbocycles. The summed E-state index contributed by atoms with van der Waals surface area (Å²) in [7, 11) is 3.89. The molecule has 0 radical (unpaired) electrons. The average Bonchev–Trinajstić information content (AvgIpc) is 3.34. The standard InChI is InChI=1S/C34H34N4O7S/c1-6-43-28-18-23(10-17-27(28)45-20-22-8-13-26(14-9-22)38(41)42)19-29-32(39)37-31(24-11-15-25(16-12-24)36(4)5)30(33(40)44-7-2)21(3)35-34(37)46-29/h8-19,31H,6-7,20H2,1-5H3/b29-19-/t31-/m0/s1. The van der Waals surface area contributed by atoms with Crippen molar-refractivity contribution in [3.05, 3.63) is 124 Å². The number of nitro groups is 1. The molecule has 0 unspecified atom stereocenters. The van der Waals surface area contributed by atoms with Gasteiger partial charge in [-0.1, -0.05) is 29.5 Å². The van der Waals surface area contributed by atoms with Gasteiger partial charge in [0.05, 0.1) is 40.0 Å². The molecule has 0 bridgehead atoms. The van der Waals surface area contributed by atoms with Crippen LogP contribution in [0.2, 0.25) is 0 Å². The topological polar surface area (TPSA) is 126 Å². The number of aromatic nitrogens is 1. The van der Waals surface area contributed by atoms with Crippen LogP contribution in [0.3, 0.4) is 0 Å². The van der Waals surface area contributed by atoms with E-state index >= 15 is 0 Å². The quantitative estimate of drug-likeness (QED) is 0.130. The Balaban J connectivity index is 1.52. The van der Waals surface area contributed by atoms with Gasteiger partial charge in [0, 0.05) is 31.9 Å². The highest BCUT2D eigenvalue weighted by Crippen LogP contribution is 2.32. The summed E-state index contributed by atoms with van der Waals surface area (Å²) in [6.45, 7) is 6.14. The van der Waals surface area contributed by atoms with Crippen molar-refractivity contribution in [2.45, 2.75) is 33.4 Å². The Kier molecular flexibility index (Phi) is 9.67. The number of fused-ring (bicyclic) bond motifs is 1. The molecule has 1 aliphatic heterocycles. The van der Waals surface area contributed by atoms with Gasteiger partial charge in [-0.05, 0) is 79.9 Å². The molecule has 2 heterocycles. The molecule has 12 heteroatoms. The van der Waals surface area contributed by atoms with Crippen molar-refractivity contribution < 1.29 is 23.9 Å². The second-order valence-corrected chi connectivity index (χ2v) is 11.6. The fourth-order valence-electron chi connectivity index (χ4n) is 5.09. The number of hydrogen-bond donors (Lipinski definition) is 0. The van der Waals surface area contributed by atoms with E-state index in [4.69, 9.17) is 14.2 Å². The average molecular weight is 643 g/mol. The third kappa shape index (κ3) is 6.71. The van der Waals surface area contributed by atoms with E-state index in [0.717, 1.165) is 16.8 Å². The van der Waals surface area contributed by atoms with Gasteiger partial charge in [0.1, 0.15) is 6.61 Å². The third-order valence-corrected chi connectivity index (χ3v) is 8.33. The molecule has 0 spiro atoms. The van der Waals surface area contributed by atoms with Crippen LogP contribution in [0.15, 0.2) is 87.8 Å². The number of thiazole rings is 1. The Hall–Kier alpha value is -5.23. The predicted octanol–water partition coefficient (Wildman–Crippen LogP) is 4.75. The van der Waals surface area contributed by atoms with E-state index in [2.05, 4.69) is 4.99 Å². The number of benzene rings is 3. The van der Waals surface area contributed by atoms with Crippen molar-refractivity contribution in [1.29, 1.82) is 0 Å². The third-order valence-electron chi connectivity index (χ3n) is 7.35. The monoisotopic (exact) mass is 642 g/mol. The molecular formula is C34H34N4O7S. The minimum absolute atomic E-state index is 0.00854. The van der Waals surface area contributed by atoms with Gasteiger partial charge in [0.25, 0.3) is 11.2 Å². The molecule has 0 aliphatic carbocycles. The normalized spacial score (nSPS) is 14.4. The molecule has 4 aromatic rings. The van der Waals surface area contributed by atoms with E-state index in [9.17, 15) is 19.7 Å². The number of ether oxygens (including phenoxy) is 3. The van der Waals surface area contributed by atoms with Gasteiger partial charge in [0.15, 0.2) is 16.3 Å². The van der Waals surface area contributed by atoms with Crippen LogP contribution in [-0.4, -0.2) is 42.8 Å². The molecule has 0 fully saturated rings. The molecule has 5 rings (SSSR count). The van der Waals surface area contributed by atoms with E-state index in [1.54, 1.807) is 48.8 Å². The van der Waals surface area contributed by atoms with Gasteiger partial charge in [-0.2, -0.15) is 0 Å². The van der Waals surface area contributed by atoms with Crippen LogP contribution in [0, 0.1) is 10.1 Å². The summed E-state index contributed by atoms with van der Waals surface area (Å²) in [6.07, 6.45) is 1.77. The van der Waals surface area contributed by atoms with E-state index < -0.39 is 16.9 Å². The lowest BCUT2D eigenvalue weighted by atomic mass is 9.95. The van der Waals surface area contributed by atoms with Gasteiger partial charge in [0.2, 0.25) is 0 Å². The maximum Gasteiger partial charge on any atom is 0.338 e. The number of nitro benzene ring substituents is 1. The van der Waals surface area contributed by atoms with Crippen LogP contribution in [0.5, 0.6) is 11.5 Å². The van der Waals surface area contributed by atoms with Gasteiger partial charge in [-0.15, -0.1) is 0 Å². The second-order valence-electron chi connectivity index (χ2n) is 10.6. The number of rotatable bonds is 11. The maximum absolute atomic E-state index is 14.0. The fraction of sp³-hybridized carbons (Fsp3) is 0.265. The minimum atomic E-state index is -0.706. The molecule has 0 N–H and O–H groups in total. The Labute approximate surface area is 269 Å². The summed E-state index contributed by atoms with van der Waals surface area (Å²) < 4.78 is 19.2. The first-order chi connectivity index (χ1) is 22.1. The Morgan fingerprint density at radius 2 is 1.74 bits per heavy atom. The molecule has 0 saturated carbocycles. The number of esters is 1. The van der Waals surface area contributed by atoms with Crippen molar-refractivity contribution in [1.82, 2.24) is 4.57 Å². The van der Waals surface area contributed by atoms with Gasteiger partial charge in [-0.3, -0.25) is 19.5 Å². The first-order valence-corrected chi connectivity index (χ1v) is 15.5. The maximum atomic E-state index is 14.0. The number of non-ortho nitro benzene ring substituents is 1. The molecule has 1 aromatic heterocycles. The predicted molar refractivity (Wildman–Crippen MR) is 176 cm³/mol. The van der Waals surface area contributed by atoms with E-state index in [1.807, 2.05) is 56.3 Å². The largest absolute Gasteiger partial charge is 0.490 e. The minimum Gasteiger partial charge on any atom is -0.490 e. The van der Waals surface area contributed by atoms with Crippen LogP contribution in [0.25, 0.3) is 6.08 Å². The zero-order chi connectivity index (χ0) is 33.0. The molecule has 1 aliphatic rings. The lowest BCUT2D eigenvalue weighted by molar-refractivity contribution is -0.384. The first kappa shape index (κ1) is 32.2. The summed E-state index contributed by atoms with van der Waals surface area (Å²) in [5.41, 5.74) is 3.79. The highest BCUT2D eigenvalue weighted by atomic mass is 32.1. The van der Waals surface area contributed by atoms with Gasteiger partial charge >= 0.3 is 5.97 Å². The zero-order valence-corrected chi connectivity index (χ0v) is 27.0. The Morgan fingerprint density at radius 3 is 2.37 bits per heavy atom. The molecule has 1 atom stereocenters. The lowest BCUT2D eigenvalue weighted by Crippen LogP contribution is -2.39. The lowest BCUT2D eigenvalue weighted by Gasteiger charge is -2.25. The number of carbonyl (C=O) groups is 1. The van der Waals surface area contributed by atoms with Crippen LogP contribution < -0.4 is 29.3 Å². The molecule has 0 saturated heterocycles. The zero-order valence-electron chi connectivity index (χ0n) is 26.2. The number of carbonyl (C=O) groups excluding carboxylic acids is 1. The molecule has 11 nitrogen and oxygen atoms in total. The summed E-state index contributed by atoms with van der Waals surface area (Å²) >= 11 is 1.24. The fourth-order valence-corrected chi connectivity index (χ4v) is 6.14. The Morgan fingerprint density at radius 1 is 1.02 bits per heavy atom. The van der Waals surface area contributed by atoms with Crippen molar-refractivity contribution in [2.24, 2.45) is 4.99 Å². The van der Waals surface area contributed by atoms with Crippen LogP contribution >= 0.6 is 11.3 Å². The van der Waals surface area contributed by atoms with Crippen molar-refractivity contribution in [3.8, 4) is 11.5 Å². The number of allylic oxidation sites excluding steroid dienone is 1. The number of nitrogens with zero attached hydrogens (tertiary/aromatic N) is 4. The van der Waals surface area contributed by atoms with Crippen LogP contribution in [-0.2, 0) is 16.1 Å². The highest BCUT2D eigenvalue weighted by molar-refractivity contribution is 7.07. The second kappa shape index (κ2) is 13.8. The molecular weight excluding hydrogens is 608 g/mol. The summed E-state index contributed by atoms with van der Waals surface area (Å²) in [6, 6.07) is 18.5. The Bertz CT molecular complexity index is 1980. The SMILES string of the molecule is CCOC(=O)C1=C(C)N=c2s/c(=C\c3ccc(OCc4ccc([N+](=O)[O-])cc4)c(OCC)c3)c(=O)n2[C@H]1c1ccc(N(C)C)cc1. The van der Waals surface area contributed by atoms with Crippen molar-refractivity contribution in [3.63, 3.8) is 0 Å². The molecule has 46 heavy (non-hydrogen) atoms. The van der Waals surface area contributed by atoms with Gasteiger partial charge < -0.3 is 19.1 Å².